The molecule has 0 aromatic rings. The molecule has 0 spiro atoms. The van der Waals surface area contributed by atoms with Gasteiger partial charge in [-0.1, -0.05) is 0 Å². The maximum Gasteiger partial charge on any atom is 0.264 e. The van der Waals surface area contributed by atoms with Crippen molar-refractivity contribution in [3.63, 3.8) is 0 Å². The third kappa shape index (κ3) is 1.27. The van der Waals surface area contributed by atoms with Crippen LogP contribution in [0.15, 0.2) is 0 Å². The summed E-state index contributed by atoms with van der Waals surface area (Å²) in [7, 11) is 0. The van der Waals surface area contributed by atoms with Gasteiger partial charge in [-0.05, 0) is 12.8 Å². The smallest absolute Gasteiger partial charge is 0.264 e. The van der Waals surface area contributed by atoms with Gasteiger partial charge in [-0.25, -0.2) is 8.78 Å². The van der Waals surface area contributed by atoms with Crippen molar-refractivity contribution in [2.75, 3.05) is 0 Å². The van der Waals surface area contributed by atoms with Crippen LogP contribution in [0.25, 0.3) is 0 Å². The molecule has 1 aliphatic rings. The molecule has 4 heteroatoms. The van der Waals surface area contributed by atoms with Crippen LogP contribution < -0.4 is 11.5 Å². The van der Waals surface area contributed by atoms with E-state index in [2.05, 4.69) is 0 Å². The summed E-state index contributed by atoms with van der Waals surface area (Å²) in [5.41, 5.74) is 10.5. The molecule has 1 aliphatic carbocycles. The van der Waals surface area contributed by atoms with E-state index in [0.717, 1.165) is 0 Å². The van der Waals surface area contributed by atoms with Gasteiger partial charge in [0.15, 0.2) is 0 Å². The molecule has 0 radical (unpaired) electrons. The topological polar surface area (TPSA) is 52.0 Å². The van der Waals surface area contributed by atoms with Crippen LogP contribution in [0.1, 0.15) is 19.3 Å². The fraction of sp³-hybridized carbons (Fsp3) is 1.00. The molecule has 0 bridgehead atoms. The molecule has 0 aliphatic heterocycles. The SMILES string of the molecule is NC1[C@@H](N)CCCC1(F)F. The van der Waals surface area contributed by atoms with Crippen molar-refractivity contribution in [2.24, 2.45) is 11.5 Å². The molecule has 0 heterocycles. The van der Waals surface area contributed by atoms with Gasteiger partial charge in [-0.3, -0.25) is 0 Å². The molecule has 1 unspecified atom stereocenters. The Hall–Kier alpha value is -0.220. The second-order valence-electron chi connectivity index (χ2n) is 2.84. The van der Waals surface area contributed by atoms with Crippen LogP contribution in [0.3, 0.4) is 0 Å². The lowest BCUT2D eigenvalue weighted by Gasteiger charge is -2.32. The predicted octanol–water partition coefficient (Wildman–Crippen LogP) is 0.460. The van der Waals surface area contributed by atoms with Crippen molar-refractivity contribution >= 4 is 0 Å². The van der Waals surface area contributed by atoms with Crippen LogP contribution in [0, 0.1) is 0 Å². The maximum atomic E-state index is 12.6. The van der Waals surface area contributed by atoms with Crippen molar-refractivity contribution < 1.29 is 8.78 Å². The molecule has 2 atom stereocenters. The molecule has 0 aromatic carbocycles. The number of hydrogen-bond acceptors (Lipinski definition) is 2. The summed E-state index contributed by atoms with van der Waals surface area (Å²) in [5.74, 6) is -2.74. The Kier molecular flexibility index (Phi) is 1.92. The van der Waals surface area contributed by atoms with E-state index in [4.69, 9.17) is 11.5 Å². The average molecular weight is 150 g/mol. The zero-order valence-electron chi connectivity index (χ0n) is 5.69. The van der Waals surface area contributed by atoms with Crippen LogP contribution in [0.4, 0.5) is 8.78 Å². The fourth-order valence-electron chi connectivity index (χ4n) is 1.23. The highest BCUT2D eigenvalue weighted by molar-refractivity contribution is 4.92. The van der Waals surface area contributed by atoms with Crippen molar-refractivity contribution in [3.8, 4) is 0 Å². The summed E-state index contributed by atoms with van der Waals surface area (Å²) < 4.78 is 25.3. The van der Waals surface area contributed by atoms with Crippen LogP contribution in [0.5, 0.6) is 0 Å². The Morgan fingerprint density at radius 2 is 1.90 bits per heavy atom. The Morgan fingerprint density at radius 3 is 2.30 bits per heavy atom. The Labute approximate surface area is 58.6 Å². The Bertz CT molecular complexity index is 127. The van der Waals surface area contributed by atoms with E-state index in [1.54, 1.807) is 0 Å². The molecule has 1 saturated carbocycles. The van der Waals surface area contributed by atoms with E-state index in [-0.39, 0.29) is 6.42 Å². The number of rotatable bonds is 0. The van der Waals surface area contributed by atoms with Gasteiger partial charge in [-0.15, -0.1) is 0 Å². The van der Waals surface area contributed by atoms with Crippen molar-refractivity contribution in [1.82, 2.24) is 0 Å². The summed E-state index contributed by atoms with van der Waals surface area (Å²) in [6.07, 6.45) is 1.00. The third-order valence-corrected chi connectivity index (χ3v) is 2.00. The Morgan fingerprint density at radius 1 is 1.30 bits per heavy atom. The standard InChI is InChI=1S/C6H12F2N2/c7-6(8)3-1-2-4(9)5(6)10/h4-5H,1-3,9-10H2/t4-,5?/m0/s1. The molecule has 0 saturated heterocycles. The van der Waals surface area contributed by atoms with Gasteiger partial charge < -0.3 is 11.5 Å². The zero-order valence-corrected chi connectivity index (χ0v) is 5.69. The molecular formula is C6H12F2N2. The summed E-state index contributed by atoms with van der Waals surface area (Å²) in [6, 6.07) is -1.66. The number of nitrogens with two attached hydrogens (primary N) is 2. The minimum Gasteiger partial charge on any atom is -0.326 e. The number of halogens is 2. The molecule has 0 aromatic heterocycles. The summed E-state index contributed by atoms with van der Waals surface area (Å²) in [6.45, 7) is 0. The molecule has 2 nitrogen and oxygen atoms in total. The molecule has 1 rings (SSSR count). The van der Waals surface area contributed by atoms with Crippen molar-refractivity contribution in [3.05, 3.63) is 0 Å². The van der Waals surface area contributed by atoms with E-state index < -0.39 is 18.0 Å². The first kappa shape index (κ1) is 7.88. The Balaban J connectivity index is 2.60. The van der Waals surface area contributed by atoms with E-state index in [1.807, 2.05) is 0 Å². The van der Waals surface area contributed by atoms with E-state index >= 15 is 0 Å². The molecule has 1 fully saturated rings. The molecule has 60 valence electrons. The predicted molar refractivity (Wildman–Crippen MR) is 34.7 cm³/mol. The average Bonchev–Trinajstić information content (AvgIpc) is 1.83. The number of alkyl halides is 2. The first-order valence-corrected chi connectivity index (χ1v) is 3.43. The van der Waals surface area contributed by atoms with Gasteiger partial charge in [0.05, 0.1) is 6.04 Å². The lowest BCUT2D eigenvalue weighted by Crippen LogP contribution is -2.55. The van der Waals surface area contributed by atoms with Gasteiger partial charge in [-0.2, -0.15) is 0 Å². The fourth-order valence-corrected chi connectivity index (χ4v) is 1.23. The van der Waals surface area contributed by atoms with Crippen molar-refractivity contribution in [2.45, 2.75) is 37.3 Å². The maximum absolute atomic E-state index is 12.6. The lowest BCUT2D eigenvalue weighted by molar-refractivity contribution is -0.0578. The van der Waals surface area contributed by atoms with Gasteiger partial charge >= 0.3 is 0 Å². The monoisotopic (exact) mass is 150 g/mol. The summed E-state index contributed by atoms with van der Waals surface area (Å²) in [4.78, 5) is 0. The van der Waals surface area contributed by atoms with E-state index in [0.29, 0.717) is 12.8 Å². The third-order valence-electron chi connectivity index (χ3n) is 2.00. The second-order valence-corrected chi connectivity index (χ2v) is 2.84. The van der Waals surface area contributed by atoms with Crippen LogP contribution >= 0.6 is 0 Å². The van der Waals surface area contributed by atoms with Gasteiger partial charge in [0.2, 0.25) is 0 Å². The molecule has 0 amide bonds. The van der Waals surface area contributed by atoms with Crippen LogP contribution in [-0.2, 0) is 0 Å². The quantitative estimate of drug-likeness (QED) is 0.527. The highest BCUT2D eigenvalue weighted by atomic mass is 19.3. The lowest BCUT2D eigenvalue weighted by atomic mass is 9.88. The van der Waals surface area contributed by atoms with Crippen LogP contribution in [-0.4, -0.2) is 18.0 Å². The van der Waals surface area contributed by atoms with Crippen molar-refractivity contribution in [1.29, 1.82) is 0 Å². The first-order valence-electron chi connectivity index (χ1n) is 3.43. The number of hydrogen-bond donors (Lipinski definition) is 2. The van der Waals surface area contributed by atoms with Gasteiger partial charge in [0.25, 0.3) is 5.92 Å². The highest BCUT2D eigenvalue weighted by Crippen LogP contribution is 2.31. The van der Waals surface area contributed by atoms with E-state index in [9.17, 15) is 8.78 Å². The zero-order chi connectivity index (χ0) is 7.78. The van der Waals surface area contributed by atoms with Crippen LogP contribution in [0.2, 0.25) is 0 Å². The van der Waals surface area contributed by atoms with Gasteiger partial charge in [0, 0.05) is 12.5 Å². The normalized spacial score (nSPS) is 39.6. The highest BCUT2D eigenvalue weighted by Gasteiger charge is 2.43. The largest absolute Gasteiger partial charge is 0.326 e. The summed E-state index contributed by atoms with van der Waals surface area (Å²) >= 11 is 0. The van der Waals surface area contributed by atoms with E-state index in [1.165, 1.54) is 0 Å². The minimum absolute atomic E-state index is 0.109. The van der Waals surface area contributed by atoms with Gasteiger partial charge in [0.1, 0.15) is 0 Å². The summed E-state index contributed by atoms with van der Waals surface area (Å²) in [5, 5.41) is 0. The first-order chi connectivity index (χ1) is 4.54. The molecule has 10 heavy (non-hydrogen) atoms. The molecular weight excluding hydrogens is 138 g/mol. The molecule has 4 N–H and O–H groups in total. The minimum atomic E-state index is -2.74. The second kappa shape index (κ2) is 2.43.